The van der Waals surface area contributed by atoms with Crippen LogP contribution in [0.2, 0.25) is 0 Å². The fourth-order valence-corrected chi connectivity index (χ4v) is 11.9. The van der Waals surface area contributed by atoms with Crippen molar-refractivity contribution >= 4 is 86.7 Å². The monoisotopic (exact) mass is 870 g/mol. The SMILES string of the molecule is c1ccc(-c2sc3c(-c4ccccc4)nc(-n4c5ccc(-c6cccc7c6c6c8ccccc8ccc6n7-c6ccccc6)cc5c5ccc6ccccc6c54)nc3c2-c2ccccc2)cc1. The van der Waals surface area contributed by atoms with Crippen molar-refractivity contribution in [2.24, 2.45) is 0 Å². The molecule has 0 N–H and O–H groups in total. The minimum Gasteiger partial charge on any atom is -0.309 e. The quantitative estimate of drug-likeness (QED) is 0.167. The number of thiophene rings is 1. The third kappa shape index (κ3) is 5.78. The van der Waals surface area contributed by atoms with Crippen molar-refractivity contribution in [2.45, 2.75) is 0 Å². The van der Waals surface area contributed by atoms with Gasteiger partial charge >= 0.3 is 0 Å². The maximum absolute atomic E-state index is 5.71. The number of para-hydroxylation sites is 1. The minimum atomic E-state index is 0.643. The van der Waals surface area contributed by atoms with Gasteiger partial charge < -0.3 is 4.57 Å². The Labute approximate surface area is 389 Å². The van der Waals surface area contributed by atoms with Crippen LogP contribution in [0, 0.1) is 0 Å². The highest BCUT2D eigenvalue weighted by Gasteiger charge is 2.26. The normalized spacial score (nSPS) is 11.9. The number of hydrogen-bond donors (Lipinski definition) is 0. The second kappa shape index (κ2) is 15.0. The lowest BCUT2D eigenvalue weighted by molar-refractivity contribution is 1.02. The number of aromatic nitrogens is 4. The van der Waals surface area contributed by atoms with Crippen LogP contribution in [0.25, 0.3) is 131 Å². The van der Waals surface area contributed by atoms with E-state index < -0.39 is 0 Å². The zero-order valence-electron chi connectivity index (χ0n) is 36.1. The molecule has 0 saturated heterocycles. The maximum atomic E-state index is 5.71. The van der Waals surface area contributed by atoms with Gasteiger partial charge in [-0.1, -0.05) is 194 Å². The Morgan fingerprint density at radius 2 is 0.985 bits per heavy atom. The summed E-state index contributed by atoms with van der Waals surface area (Å²) in [5.74, 6) is 0.643. The maximum Gasteiger partial charge on any atom is 0.235 e. The summed E-state index contributed by atoms with van der Waals surface area (Å²) in [6.45, 7) is 0. The summed E-state index contributed by atoms with van der Waals surface area (Å²) >= 11 is 1.77. The van der Waals surface area contributed by atoms with E-state index in [2.05, 4.69) is 240 Å². The van der Waals surface area contributed by atoms with Crippen molar-refractivity contribution in [1.29, 1.82) is 0 Å². The second-order valence-corrected chi connectivity index (χ2v) is 18.3. The summed E-state index contributed by atoms with van der Waals surface area (Å²) in [5.41, 5.74) is 14.3. The first-order chi connectivity index (χ1) is 33.3. The lowest BCUT2D eigenvalue weighted by Gasteiger charge is -2.12. The third-order valence-corrected chi connectivity index (χ3v) is 14.8. The molecule has 0 atom stereocenters. The Kier molecular flexibility index (Phi) is 8.42. The molecule has 0 fully saturated rings. The summed E-state index contributed by atoms with van der Waals surface area (Å²) in [6, 6.07) is 83.1. The average molecular weight is 871 g/mol. The van der Waals surface area contributed by atoms with Crippen LogP contribution in [0.1, 0.15) is 0 Å². The van der Waals surface area contributed by atoms with Gasteiger partial charge in [0.2, 0.25) is 5.95 Å². The number of fused-ring (bicyclic) bond motifs is 11. The van der Waals surface area contributed by atoms with Crippen LogP contribution >= 0.6 is 11.3 Å². The van der Waals surface area contributed by atoms with Gasteiger partial charge in [0.05, 0.1) is 38.0 Å². The molecule has 4 heterocycles. The van der Waals surface area contributed by atoms with Crippen molar-refractivity contribution in [2.75, 3.05) is 0 Å². The molecule has 0 spiro atoms. The fourth-order valence-electron chi connectivity index (χ4n) is 10.6. The van der Waals surface area contributed by atoms with Crippen LogP contribution in [0.15, 0.2) is 231 Å². The summed E-state index contributed by atoms with van der Waals surface area (Å²) in [6.07, 6.45) is 0. The van der Waals surface area contributed by atoms with Crippen molar-refractivity contribution in [1.82, 2.24) is 19.1 Å². The smallest absolute Gasteiger partial charge is 0.235 e. The van der Waals surface area contributed by atoms with Gasteiger partial charge in [0.25, 0.3) is 0 Å². The zero-order chi connectivity index (χ0) is 44.0. The Morgan fingerprint density at radius 1 is 0.373 bits per heavy atom. The highest BCUT2D eigenvalue weighted by molar-refractivity contribution is 7.23. The third-order valence-electron chi connectivity index (χ3n) is 13.5. The molecule has 0 radical (unpaired) electrons. The second-order valence-electron chi connectivity index (χ2n) is 17.3. The highest BCUT2D eigenvalue weighted by atomic mass is 32.1. The minimum absolute atomic E-state index is 0.643. The van der Waals surface area contributed by atoms with Crippen LogP contribution in [-0.4, -0.2) is 19.1 Å². The molecule has 0 aliphatic rings. The molecule has 10 aromatic carbocycles. The van der Waals surface area contributed by atoms with Gasteiger partial charge in [-0.15, -0.1) is 11.3 Å². The van der Waals surface area contributed by atoms with E-state index in [1.807, 2.05) is 0 Å². The predicted molar refractivity (Wildman–Crippen MR) is 283 cm³/mol. The molecule has 67 heavy (non-hydrogen) atoms. The molecule has 14 rings (SSSR count). The van der Waals surface area contributed by atoms with E-state index in [0.29, 0.717) is 5.95 Å². The molecule has 0 saturated carbocycles. The Hall–Kier alpha value is -8.64. The first-order valence-electron chi connectivity index (χ1n) is 22.7. The first kappa shape index (κ1) is 37.7. The Balaban J connectivity index is 1.09. The van der Waals surface area contributed by atoms with E-state index in [0.717, 1.165) is 76.6 Å². The van der Waals surface area contributed by atoms with E-state index in [4.69, 9.17) is 9.97 Å². The molecule has 5 heteroatoms. The first-order valence-corrected chi connectivity index (χ1v) is 23.6. The fraction of sp³-hybridized carbons (Fsp3) is 0. The van der Waals surface area contributed by atoms with Gasteiger partial charge in [-0.3, -0.25) is 4.57 Å². The van der Waals surface area contributed by atoms with E-state index in [-0.39, 0.29) is 0 Å². The molecular formula is C62H38N4S. The summed E-state index contributed by atoms with van der Waals surface area (Å²) in [5, 5.41) is 9.60. The van der Waals surface area contributed by atoms with E-state index in [1.54, 1.807) is 11.3 Å². The molecule has 14 aromatic rings. The molecule has 0 aliphatic carbocycles. The van der Waals surface area contributed by atoms with Crippen LogP contribution in [-0.2, 0) is 0 Å². The van der Waals surface area contributed by atoms with Gasteiger partial charge in [-0.25, -0.2) is 9.97 Å². The Morgan fingerprint density at radius 3 is 1.75 bits per heavy atom. The van der Waals surface area contributed by atoms with Crippen molar-refractivity contribution < 1.29 is 0 Å². The van der Waals surface area contributed by atoms with Crippen LogP contribution in [0.5, 0.6) is 0 Å². The van der Waals surface area contributed by atoms with E-state index in [1.165, 1.54) is 48.4 Å². The number of hydrogen-bond acceptors (Lipinski definition) is 3. The predicted octanol–water partition coefficient (Wildman–Crippen LogP) is 16.9. The summed E-state index contributed by atoms with van der Waals surface area (Å²) < 4.78 is 5.81. The van der Waals surface area contributed by atoms with Gasteiger partial charge in [0.1, 0.15) is 0 Å². The highest BCUT2D eigenvalue weighted by Crippen LogP contribution is 2.48. The molecule has 0 aliphatic heterocycles. The zero-order valence-corrected chi connectivity index (χ0v) is 37.0. The van der Waals surface area contributed by atoms with E-state index >= 15 is 0 Å². The molecule has 4 aromatic heterocycles. The molecule has 0 bridgehead atoms. The Bertz CT molecular complexity index is 4240. The van der Waals surface area contributed by atoms with Gasteiger partial charge in [0, 0.05) is 48.6 Å². The van der Waals surface area contributed by atoms with Crippen molar-refractivity contribution in [3.8, 4) is 55.6 Å². The number of rotatable bonds is 6. The molecule has 0 amide bonds. The van der Waals surface area contributed by atoms with Crippen LogP contribution < -0.4 is 0 Å². The number of nitrogens with zero attached hydrogens (tertiary/aromatic N) is 4. The van der Waals surface area contributed by atoms with Crippen molar-refractivity contribution in [3.05, 3.63) is 231 Å². The topological polar surface area (TPSA) is 35.6 Å². The van der Waals surface area contributed by atoms with Crippen LogP contribution in [0.4, 0.5) is 0 Å². The lowest BCUT2D eigenvalue weighted by Crippen LogP contribution is -2.03. The summed E-state index contributed by atoms with van der Waals surface area (Å²) in [4.78, 5) is 12.5. The van der Waals surface area contributed by atoms with Crippen LogP contribution in [0.3, 0.4) is 0 Å². The van der Waals surface area contributed by atoms with Crippen molar-refractivity contribution in [3.63, 3.8) is 0 Å². The molecule has 4 nitrogen and oxygen atoms in total. The summed E-state index contributed by atoms with van der Waals surface area (Å²) in [7, 11) is 0. The van der Waals surface area contributed by atoms with Gasteiger partial charge in [0.15, 0.2) is 0 Å². The average Bonchev–Trinajstić information content (AvgIpc) is 4.08. The molecular weight excluding hydrogens is 833 g/mol. The largest absolute Gasteiger partial charge is 0.309 e. The van der Waals surface area contributed by atoms with E-state index in [9.17, 15) is 0 Å². The standard InChI is InChI=1S/C62H38N4S/c1-5-20-41(21-6-1)54-58-61(67-60(54)43-24-9-3-10-25-43)57(42-22-7-2-8-23-42)63-62(64-58)66-51-36-34-44(38-50(51)49-35-32-40-19-14-16-29-48(40)59(49)66)47-30-17-31-52-56(47)55-46-28-15-13-18-39(46)33-37-53(55)65(52)45-26-11-4-12-27-45/h1-38H. The molecule has 312 valence electrons. The van der Waals surface area contributed by atoms with Gasteiger partial charge in [-0.05, 0) is 74.8 Å². The van der Waals surface area contributed by atoms with Gasteiger partial charge in [-0.2, -0.15) is 0 Å². The lowest BCUT2D eigenvalue weighted by atomic mass is 9.95. The molecule has 0 unspecified atom stereocenters. The number of benzene rings is 10.